The molecule has 0 spiro atoms. The number of benzene rings is 1. The maximum atomic E-state index is 12.1. The SMILES string of the molecule is O=C(Nc1ncc([N+](=O)[O-])s1)c1cccc(OC2CC2)c1. The summed E-state index contributed by atoms with van der Waals surface area (Å²) in [4.78, 5) is 25.9. The quantitative estimate of drug-likeness (QED) is 0.677. The summed E-state index contributed by atoms with van der Waals surface area (Å²) in [6.45, 7) is 0. The smallest absolute Gasteiger partial charge is 0.345 e. The summed E-state index contributed by atoms with van der Waals surface area (Å²) in [6, 6.07) is 6.83. The van der Waals surface area contributed by atoms with E-state index in [0.717, 1.165) is 30.4 Å². The molecule has 8 heteroatoms. The first-order valence-electron chi connectivity index (χ1n) is 6.30. The number of thiazole rings is 1. The summed E-state index contributed by atoms with van der Waals surface area (Å²) in [5.74, 6) is 0.274. The van der Waals surface area contributed by atoms with Gasteiger partial charge in [-0.3, -0.25) is 20.2 Å². The van der Waals surface area contributed by atoms with Crippen molar-refractivity contribution in [2.24, 2.45) is 0 Å². The Morgan fingerprint density at radius 2 is 2.29 bits per heavy atom. The number of hydrogen-bond acceptors (Lipinski definition) is 6. The molecular formula is C13H11N3O4S. The van der Waals surface area contributed by atoms with Gasteiger partial charge in [0.2, 0.25) is 0 Å². The van der Waals surface area contributed by atoms with Crippen molar-refractivity contribution in [3.05, 3.63) is 46.1 Å². The monoisotopic (exact) mass is 305 g/mol. The van der Waals surface area contributed by atoms with Crippen molar-refractivity contribution in [2.45, 2.75) is 18.9 Å². The third-order valence-electron chi connectivity index (χ3n) is 2.82. The molecule has 2 aromatic rings. The number of nitrogens with one attached hydrogen (secondary N) is 1. The Balaban J connectivity index is 1.70. The molecule has 1 fully saturated rings. The van der Waals surface area contributed by atoms with E-state index in [9.17, 15) is 14.9 Å². The van der Waals surface area contributed by atoms with E-state index in [-0.39, 0.29) is 22.1 Å². The van der Waals surface area contributed by atoms with Crippen LogP contribution in [-0.2, 0) is 0 Å². The van der Waals surface area contributed by atoms with Gasteiger partial charge in [-0.1, -0.05) is 6.07 Å². The molecule has 0 unspecified atom stereocenters. The summed E-state index contributed by atoms with van der Waals surface area (Å²) in [6.07, 6.45) is 3.45. The molecule has 0 aliphatic heterocycles. The third-order valence-corrected chi connectivity index (χ3v) is 3.68. The predicted molar refractivity (Wildman–Crippen MR) is 76.8 cm³/mol. The third kappa shape index (κ3) is 3.34. The van der Waals surface area contributed by atoms with Gasteiger partial charge in [0.1, 0.15) is 11.9 Å². The fraction of sp³-hybridized carbons (Fsp3) is 0.231. The minimum Gasteiger partial charge on any atom is -0.490 e. The maximum absolute atomic E-state index is 12.1. The van der Waals surface area contributed by atoms with Crippen LogP contribution in [0.25, 0.3) is 0 Å². The molecular weight excluding hydrogens is 294 g/mol. The number of amides is 1. The Kier molecular flexibility index (Phi) is 3.53. The zero-order valence-electron chi connectivity index (χ0n) is 10.8. The van der Waals surface area contributed by atoms with E-state index in [4.69, 9.17) is 4.74 Å². The molecule has 1 saturated carbocycles. The minimum atomic E-state index is -0.544. The van der Waals surface area contributed by atoms with E-state index in [2.05, 4.69) is 10.3 Å². The Labute approximate surface area is 123 Å². The fourth-order valence-corrected chi connectivity index (χ4v) is 2.29. The topological polar surface area (TPSA) is 94.4 Å². The second-order valence-electron chi connectivity index (χ2n) is 4.56. The molecule has 3 rings (SSSR count). The second-order valence-corrected chi connectivity index (χ2v) is 5.57. The van der Waals surface area contributed by atoms with Crippen LogP contribution >= 0.6 is 11.3 Å². The zero-order valence-corrected chi connectivity index (χ0v) is 11.6. The van der Waals surface area contributed by atoms with E-state index in [1.807, 2.05) is 0 Å². The van der Waals surface area contributed by atoms with Crippen LogP contribution in [-0.4, -0.2) is 21.9 Å². The Hall–Kier alpha value is -2.48. The average Bonchev–Trinajstić information content (AvgIpc) is 3.14. The lowest BCUT2D eigenvalue weighted by Crippen LogP contribution is -2.11. The molecule has 1 aliphatic carbocycles. The first-order chi connectivity index (χ1) is 10.1. The van der Waals surface area contributed by atoms with Crippen molar-refractivity contribution in [2.75, 3.05) is 5.32 Å². The molecule has 7 nitrogen and oxygen atoms in total. The van der Waals surface area contributed by atoms with Crippen molar-refractivity contribution in [1.82, 2.24) is 4.98 Å². The van der Waals surface area contributed by atoms with Crippen LogP contribution in [0.2, 0.25) is 0 Å². The average molecular weight is 305 g/mol. The van der Waals surface area contributed by atoms with Gasteiger partial charge in [0, 0.05) is 5.56 Å². The number of carbonyl (C=O) groups is 1. The molecule has 1 aromatic carbocycles. The van der Waals surface area contributed by atoms with Gasteiger partial charge in [0.15, 0.2) is 5.13 Å². The zero-order chi connectivity index (χ0) is 14.8. The van der Waals surface area contributed by atoms with E-state index in [1.165, 1.54) is 0 Å². The van der Waals surface area contributed by atoms with E-state index >= 15 is 0 Å². The van der Waals surface area contributed by atoms with Crippen LogP contribution in [0.4, 0.5) is 10.1 Å². The lowest BCUT2D eigenvalue weighted by molar-refractivity contribution is -0.380. The molecule has 0 saturated heterocycles. The summed E-state index contributed by atoms with van der Waals surface area (Å²) in [5, 5.41) is 13.2. The lowest BCUT2D eigenvalue weighted by Gasteiger charge is -2.06. The highest BCUT2D eigenvalue weighted by atomic mass is 32.1. The van der Waals surface area contributed by atoms with Gasteiger partial charge >= 0.3 is 5.00 Å². The molecule has 1 heterocycles. The highest BCUT2D eigenvalue weighted by Crippen LogP contribution is 2.28. The van der Waals surface area contributed by atoms with Crippen molar-refractivity contribution in [3.8, 4) is 5.75 Å². The van der Waals surface area contributed by atoms with E-state index in [1.54, 1.807) is 24.3 Å². The summed E-state index contributed by atoms with van der Waals surface area (Å²) >= 11 is 0.815. The van der Waals surface area contributed by atoms with Gasteiger partial charge < -0.3 is 4.74 Å². The molecule has 1 aromatic heterocycles. The normalized spacial score (nSPS) is 13.7. The Morgan fingerprint density at radius 1 is 1.48 bits per heavy atom. The number of ether oxygens (including phenoxy) is 1. The van der Waals surface area contributed by atoms with Crippen molar-refractivity contribution in [1.29, 1.82) is 0 Å². The number of rotatable bonds is 5. The number of aromatic nitrogens is 1. The number of nitro groups is 1. The lowest BCUT2D eigenvalue weighted by atomic mass is 10.2. The predicted octanol–water partition coefficient (Wildman–Crippen LogP) is 2.84. The van der Waals surface area contributed by atoms with Crippen LogP contribution in [0.5, 0.6) is 5.75 Å². The first-order valence-corrected chi connectivity index (χ1v) is 7.12. The van der Waals surface area contributed by atoms with E-state index in [0.29, 0.717) is 11.3 Å². The van der Waals surface area contributed by atoms with Crippen LogP contribution in [0, 0.1) is 10.1 Å². The Bertz CT molecular complexity index is 696. The van der Waals surface area contributed by atoms with Crippen molar-refractivity contribution < 1.29 is 14.5 Å². The van der Waals surface area contributed by atoms with Crippen molar-refractivity contribution in [3.63, 3.8) is 0 Å². The standard InChI is InChI=1S/C13H11N3O4S/c17-12(15-13-14-7-11(21-13)16(18)19)8-2-1-3-10(6-8)20-9-4-5-9/h1-3,6-7,9H,4-5H2,(H,14,15,17). The van der Waals surface area contributed by atoms with Gasteiger partial charge in [-0.2, -0.15) is 0 Å². The largest absolute Gasteiger partial charge is 0.490 e. The highest BCUT2D eigenvalue weighted by Gasteiger charge is 2.23. The second kappa shape index (κ2) is 5.49. The van der Waals surface area contributed by atoms with Crippen molar-refractivity contribution >= 4 is 27.4 Å². The molecule has 1 N–H and O–H groups in total. The summed E-state index contributed by atoms with van der Waals surface area (Å²) in [5.41, 5.74) is 0.422. The summed E-state index contributed by atoms with van der Waals surface area (Å²) in [7, 11) is 0. The van der Waals surface area contributed by atoms with Gasteiger partial charge in [-0.15, -0.1) is 0 Å². The number of anilines is 1. The van der Waals surface area contributed by atoms with Gasteiger partial charge in [0.05, 0.1) is 11.0 Å². The molecule has 108 valence electrons. The molecule has 1 aliphatic rings. The van der Waals surface area contributed by atoms with Crippen LogP contribution in [0.15, 0.2) is 30.5 Å². The first kappa shape index (κ1) is 13.5. The molecule has 0 bridgehead atoms. The Morgan fingerprint density at radius 3 is 2.95 bits per heavy atom. The van der Waals surface area contributed by atoms with Gasteiger partial charge in [-0.05, 0) is 42.4 Å². The minimum absolute atomic E-state index is 0.115. The van der Waals surface area contributed by atoms with Gasteiger partial charge in [0.25, 0.3) is 5.91 Å². The fourth-order valence-electron chi connectivity index (χ4n) is 1.67. The molecule has 0 atom stereocenters. The van der Waals surface area contributed by atoms with Crippen LogP contribution < -0.4 is 10.1 Å². The number of hydrogen-bond donors (Lipinski definition) is 1. The van der Waals surface area contributed by atoms with Crippen LogP contribution in [0.3, 0.4) is 0 Å². The number of nitrogens with zero attached hydrogens (tertiary/aromatic N) is 2. The summed E-state index contributed by atoms with van der Waals surface area (Å²) < 4.78 is 5.62. The molecule has 1 amide bonds. The molecule has 0 radical (unpaired) electrons. The molecule has 21 heavy (non-hydrogen) atoms. The van der Waals surface area contributed by atoms with Gasteiger partial charge in [-0.25, -0.2) is 4.98 Å². The maximum Gasteiger partial charge on any atom is 0.345 e. The number of carbonyl (C=O) groups excluding carboxylic acids is 1. The van der Waals surface area contributed by atoms with Crippen LogP contribution in [0.1, 0.15) is 23.2 Å². The van der Waals surface area contributed by atoms with E-state index < -0.39 is 4.92 Å². The highest BCUT2D eigenvalue weighted by molar-refractivity contribution is 7.18.